The molecule has 30 heavy (non-hydrogen) atoms. The fourth-order valence-corrected chi connectivity index (χ4v) is 4.48. The van der Waals surface area contributed by atoms with Crippen molar-refractivity contribution < 1.29 is 18.0 Å². The second-order valence-electron chi connectivity index (χ2n) is 6.25. The zero-order valence-corrected chi connectivity index (χ0v) is 18.4. The van der Waals surface area contributed by atoms with Gasteiger partial charge in [-0.15, -0.1) is 0 Å². The van der Waals surface area contributed by atoms with Gasteiger partial charge in [-0.3, -0.25) is 0 Å². The van der Waals surface area contributed by atoms with E-state index in [0.717, 1.165) is 0 Å². The minimum absolute atomic E-state index is 0.0404. The Labute approximate surface area is 184 Å². The maximum absolute atomic E-state index is 13.7. The van der Waals surface area contributed by atoms with Crippen LogP contribution in [0.25, 0.3) is 0 Å². The van der Waals surface area contributed by atoms with E-state index in [1.54, 1.807) is 55.5 Å². The van der Waals surface area contributed by atoms with Gasteiger partial charge in [-0.1, -0.05) is 48.0 Å². The summed E-state index contributed by atoms with van der Waals surface area (Å²) < 4.78 is 38.5. The first-order valence-corrected chi connectivity index (χ1v) is 11.4. The van der Waals surface area contributed by atoms with E-state index in [2.05, 4.69) is 10.6 Å². The monoisotopic (exact) mass is 464 g/mol. The van der Waals surface area contributed by atoms with E-state index in [0.29, 0.717) is 17.2 Å². The van der Waals surface area contributed by atoms with Crippen molar-refractivity contribution in [2.75, 3.05) is 5.32 Å². The first-order chi connectivity index (χ1) is 14.4. The van der Waals surface area contributed by atoms with Gasteiger partial charge in [-0.2, -0.15) is 0 Å². The first-order valence-electron chi connectivity index (χ1n) is 8.97. The molecule has 5 nitrogen and oxygen atoms in total. The Kier molecular flexibility index (Phi) is 7.32. The van der Waals surface area contributed by atoms with Crippen molar-refractivity contribution in [3.63, 3.8) is 0 Å². The molecular weight excluding hydrogens is 446 g/mol. The number of benzene rings is 3. The van der Waals surface area contributed by atoms with Crippen molar-refractivity contribution in [2.45, 2.75) is 12.7 Å². The van der Waals surface area contributed by atoms with Gasteiger partial charge >= 0.3 is 7.60 Å². The fourth-order valence-electron chi connectivity index (χ4n) is 2.44. The van der Waals surface area contributed by atoms with Crippen LogP contribution in [-0.2, 0) is 4.57 Å². The Morgan fingerprint density at radius 2 is 1.53 bits per heavy atom. The molecular formula is C21H19ClFN2O3PS. The predicted octanol–water partition coefficient (Wildman–Crippen LogP) is 6.46. The highest BCUT2D eigenvalue weighted by molar-refractivity contribution is 7.80. The van der Waals surface area contributed by atoms with Crippen molar-refractivity contribution in [2.24, 2.45) is 0 Å². The standard InChI is InChI=1S/C21H19ClFN2O3PS/c1-15(24-21(30)25-16-12-13-20(23)19(22)14-16)29(26,27-17-8-4-2-5-9-17)28-18-10-6-3-7-11-18/h2-15H,1H3,(H2,24,25,30)/t15-/m1/s1. The molecule has 0 unspecified atom stereocenters. The molecule has 9 heteroatoms. The largest absolute Gasteiger partial charge is 0.452 e. The van der Waals surface area contributed by atoms with Crippen LogP contribution in [0.4, 0.5) is 10.1 Å². The number of para-hydroxylation sites is 2. The van der Waals surface area contributed by atoms with Gasteiger partial charge in [-0.05, 0) is 61.6 Å². The van der Waals surface area contributed by atoms with Crippen LogP contribution in [0.2, 0.25) is 5.02 Å². The van der Waals surface area contributed by atoms with Crippen molar-refractivity contribution >= 4 is 42.2 Å². The van der Waals surface area contributed by atoms with Crippen molar-refractivity contribution in [1.82, 2.24) is 5.32 Å². The molecule has 0 aliphatic rings. The second kappa shape index (κ2) is 9.94. The zero-order chi connectivity index (χ0) is 21.6. The molecule has 0 spiro atoms. The topological polar surface area (TPSA) is 59.6 Å². The predicted molar refractivity (Wildman–Crippen MR) is 122 cm³/mol. The molecule has 0 saturated heterocycles. The van der Waals surface area contributed by atoms with Crippen LogP contribution >= 0.6 is 31.4 Å². The summed E-state index contributed by atoms with van der Waals surface area (Å²) in [6, 6.07) is 21.6. The highest BCUT2D eigenvalue weighted by Crippen LogP contribution is 2.51. The maximum atomic E-state index is 13.7. The van der Waals surface area contributed by atoms with E-state index >= 15 is 0 Å². The van der Waals surface area contributed by atoms with Gasteiger partial charge in [0.1, 0.15) is 17.3 Å². The van der Waals surface area contributed by atoms with E-state index < -0.39 is 19.2 Å². The number of thiocarbonyl (C=S) groups is 1. The molecule has 0 fully saturated rings. The SMILES string of the molecule is C[C@H](NC(=S)Nc1ccc(F)c(Cl)c1)P(=O)(Oc1ccccc1)Oc1ccccc1. The van der Waals surface area contributed by atoms with E-state index in [-0.39, 0.29) is 10.1 Å². The van der Waals surface area contributed by atoms with Crippen LogP contribution in [0.1, 0.15) is 6.92 Å². The maximum Gasteiger partial charge on any atom is 0.452 e. The lowest BCUT2D eigenvalue weighted by molar-refractivity contribution is 0.371. The van der Waals surface area contributed by atoms with E-state index in [1.165, 1.54) is 18.2 Å². The third-order valence-corrected chi connectivity index (χ3v) is 6.46. The van der Waals surface area contributed by atoms with E-state index in [9.17, 15) is 8.96 Å². The van der Waals surface area contributed by atoms with E-state index in [1.807, 2.05) is 12.1 Å². The summed E-state index contributed by atoms with van der Waals surface area (Å²) in [5.41, 5.74) is 0.480. The molecule has 3 aromatic carbocycles. The van der Waals surface area contributed by atoms with Crippen molar-refractivity contribution in [3.05, 3.63) is 89.7 Å². The normalized spacial score (nSPS) is 12.0. The van der Waals surface area contributed by atoms with E-state index in [4.69, 9.17) is 32.9 Å². The Hall–Kier alpha value is -2.60. The molecule has 0 radical (unpaired) electrons. The summed E-state index contributed by atoms with van der Waals surface area (Å²) in [6.45, 7) is 1.64. The first kappa shape index (κ1) is 22.1. The molecule has 0 heterocycles. The molecule has 0 aliphatic heterocycles. The summed E-state index contributed by atoms with van der Waals surface area (Å²) in [4.78, 5) is 0. The molecule has 156 valence electrons. The highest BCUT2D eigenvalue weighted by Gasteiger charge is 2.37. The summed E-state index contributed by atoms with van der Waals surface area (Å²) >= 11 is 11.1. The van der Waals surface area contributed by atoms with Gasteiger partial charge < -0.3 is 19.7 Å². The van der Waals surface area contributed by atoms with Gasteiger partial charge in [0.2, 0.25) is 0 Å². The van der Waals surface area contributed by atoms with Crippen LogP contribution in [0.5, 0.6) is 11.5 Å². The third-order valence-electron chi connectivity index (χ3n) is 3.94. The summed E-state index contributed by atoms with van der Waals surface area (Å²) in [7, 11) is -3.75. The smallest absolute Gasteiger partial charge is 0.415 e. The minimum atomic E-state index is -3.75. The van der Waals surface area contributed by atoms with Crippen LogP contribution < -0.4 is 19.7 Å². The molecule has 3 rings (SSSR count). The zero-order valence-electron chi connectivity index (χ0n) is 15.9. The van der Waals surface area contributed by atoms with Crippen molar-refractivity contribution in [1.29, 1.82) is 0 Å². The van der Waals surface area contributed by atoms with Gasteiger partial charge in [0.05, 0.1) is 5.02 Å². The molecule has 3 aromatic rings. The van der Waals surface area contributed by atoms with Gasteiger partial charge in [-0.25, -0.2) is 8.96 Å². The van der Waals surface area contributed by atoms with Gasteiger partial charge in [0.15, 0.2) is 10.9 Å². The molecule has 0 saturated carbocycles. The minimum Gasteiger partial charge on any atom is -0.415 e. The number of hydrogen-bond donors (Lipinski definition) is 2. The Morgan fingerprint density at radius 1 is 1.00 bits per heavy atom. The number of rotatable bonds is 7. The molecule has 0 bridgehead atoms. The third kappa shape index (κ3) is 5.95. The molecule has 0 aromatic heterocycles. The lowest BCUT2D eigenvalue weighted by Gasteiger charge is -2.26. The Bertz CT molecular complexity index is 1010. The van der Waals surface area contributed by atoms with Crippen LogP contribution in [0, 0.1) is 5.82 Å². The second-order valence-corrected chi connectivity index (χ2v) is 9.29. The number of hydrogen-bond acceptors (Lipinski definition) is 4. The van der Waals surface area contributed by atoms with Gasteiger partial charge in [0.25, 0.3) is 0 Å². The summed E-state index contributed by atoms with van der Waals surface area (Å²) in [6.07, 6.45) is 0. The Morgan fingerprint density at radius 3 is 2.03 bits per heavy atom. The molecule has 2 N–H and O–H groups in total. The van der Waals surface area contributed by atoms with Gasteiger partial charge in [0, 0.05) is 5.69 Å². The average molecular weight is 465 g/mol. The molecule has 1 atom stereocenters. The average Bonchev–Trinajstić information content (AvgIpc) is 2.72. The molecule has 0 aliphatic carbocycles. The number of anilines is 1. The van der Waals surface area contributed by atoms with Crippen LogP contribution in [0.3, 0.4) is 0 Å². The quantitative estimate of drug-likeness (QED) is 0.309. The highest BCUT2D eigenvalue weighted by atomic mass is 35.5. The molecule has 0 amide bonds. The van der Waals surface area contributed by atoms with Crippen LogP contribution in [-0.4, -0.2) is 10.9 Å². The lowest BCUT2D eigenvalue weighted by atomic mass is 10.3. The Balaban J connectivity index is 1.76. The van der Waals surface area contributed by atoms with Crippen LogP contribution in [0.15, 0.2) is 78.9 Å². The summed E-state index contributed by atoms with van der Waals surface area (Å²) in [5, 5.41) is 5.90. The number of nitrogens with one attached hydrogen (secondary N) is 2. The summed E-state index contributed by atoms with van der Waals surface area (Å²) in [5.74, 6) is -0.551. The lowest BCUT2D eigenvalue weighted by Crippen LogP contribution is -2.37. The fraction of sp³-hybridized carbons (Fsp3) is 0.0952. The van der Waals surface area contributed by atoms with Crippen molar-refractivity contribution in [3.8, 4) is 11.5 Å². The number of halogens is 2.